The topological polar surface area (TPSA) is 26.0 Å². The summed E-state index contributed by atoms with van der Waals surface area (Å²) in [6, 6.07) is 3.57. The van der Waals surface area contributed by atoms with Crippen molar-refractivity contribution in [3.63, 3.8) is 0 Å². The van der Waals surface area contributed by atoms with Gasteiger partial charge in [0.05, 0.1) is 5.02 Å². The summed E-state index contributed by atoms with van der Waals surface area (Å²) >= 11 is 9.26. The first-order chi connectivity index (χ1) is 9.33. The van der Waals surface area contributed by atoms with E-state index in [-0.39, 0.29) is 10.8 Å². The second-order valence-electron chi connectivity index (χ2n) is 6.47. The van der Waals surface area contributed by atoms with Crippen molar-refractivity contribution in [2.24, 2.45) is 17.6 Å². The van der Waals surface area contributed by atoms with Gasteiger partial charge in [-0.05, 0) is 53.1 Å². The molecule has 0 aliphatic heterocycles. The predicted octanol–water partition coefficient (Wildman–Crippen LogP) is 5.63. The third-order valence-electron chi connectivity index (χ3n) is 4.26. The highest BCUT2D eigenvalue weighted by atomic mass is 79.9. The van der Waals surface area contributed by atoms with E-state index >= 15 is 0 Å². The quantitative estimate of drug-likeness (QED) is 0.693. The van der Waals surface area contributed by atoms with Gasteiger partial charge >= 0.3 is 0 Å². The molecule has 1 aromatic carbocycles. The van der Waals surface area contributed by atoms with Gasteiger partial charge in [0.25, 0.3) is 0 Å². The summed E-state index contributed by atoms with van der Waals surface area (Å²) in [4.78, 5) is 0. The van der Waals surface area contributed by atoms with E-state index in [0.717, 1.165) is 25.7 Å². The highest BCUT2D eigenvalue weighted by Crippen LogP contribution is 2.43. The zero-order chi connectivity index (χ0) is 14.9. The Hall–Kier alpha value is -0.120. The average molecular weight is 363 g/mol. The van der Waals surface area contributed by atoms with E-state index in [2.05, 4.69) is 29.8 Å². The van der Waals surface area contributed by atoms with Crippen LogP contribution in [-0.4, -0.2) is 0 Å². The van der Waals surface area contributed by atoms with Crippen LogP contribution in [0.1, 0.15) is 51.5 Å². The maximum absolute atomic E-state index is 14.4. The molecule has 0 amide bonds. The first-order valence-corrected chi connectivity index (χ1v) is 8.43. The standard InChI is InChI=1S/C16H22BrClFN/c1-10(2)8-11-4-3-7-16(20,9-11)12-5-6-13(17)14(18)15(12)19/h5-6,10-11H,3-4,7-9,20H2,1-2H3. The molecule has 1 aromatic rings. The molecular formula is C16H22BrClFN. The van der Waals surface area contributed by atoms with Gasteiger partial charge in [-0.3, -0.25) is 0 Å². The molecule has 0 heterocycles. The van der Waals surface area contributed by atoms with E-state index in [0.29, 0.717) is 21.9 Å². The van der Waals surface area contributed by atoms with E-state index in [1.807, 2.05) is 0 Å². The van der Waals surface area contributed by atoms with Crippen LogP contribution >= 0.6 is 27.5 Å². The molecule has 0 aromatic heterocycles. The lowest BCUT2D eigenvalue weighted by molar-refractivity contribution is 0.198. The maximum atomic E-state index is 14.4. The first-order valence-electron chi connectivity index (χ1n) is 7.26. The lowest BCUT2D eigenvalue weighted by atomic mass is 9.70. The van der Waals surface area contributed by atoms with Gasteiger partial charge in [0, 0.05) is 15.6 Å². The van der Waals surface area contributed by atoms with Crippen LogP contribution in [0.4, 0.5) is 4.39 Å². The van der Waals surface area contributed by atoms with Crippen molar-refractivity contribution in [1.29, 1.82) is 0 Å². The second kappa shape index (κ2) is 6.33. The van der Waals surface area contributed by atoms with Gasteiger partial charge in [-0.1, -0.05) is 44.4 Å². The third-order valence-corrected chi connectivity index (χ3v) is 5.52. The van der Waals surface area contributed by atoms with Gasteiger partial charge in [0.1, 0.15) is 5.82 Å². The molecule has 2 rings (SSSR count). The zero-order valence-electron chi connectivity index (χ0n) is 12.1. The molecule has 1 saturated carbocycles. The molecule has 112 valence electrons. The van der Waals surface area contributed by atoms with Crippen LogP contribution in [0, 0.1) is 17.7 Å². The molecule has 20 heavy (non-hydrogen) atoms. The van der Waals surface area contributed by atoms with Crippen LogP contribution in [0.15, 0.2) is 16.6 Å². The van der Waals surface area contributed by atoms with E-state index in [1.165, 1.54) is 6.42 Å². The summed E-state index contributed by atoms with van der Waals surface area (Å²) in [5.74, 6) is 0.866. The molecule has 4 heteroatoms. The second-order valence-corrected chi connectivity index (χ2v) is 7.70. The van der Waals surface area contributed by atoms with Crippen molar-refractivity contribution in [2.75, 3.05) is 0 Å². The van der Waals surface area contributed by atoms with Crippen molar-refractivity contribution < 1.29 is 4.39 Å². The molecule has 1 fully saturated rings. The van der Waals surface area contributed by atoms with E-state index < -0.39 is 5.54 Å². The van der Waals surface area contributed by atoms with E-state index in [1.54, 1.807) is 12.1 Å². The molecule has 1 nitrogen and oxygen atoms in total. The molecule has 0 radical (unpaired) electrons. The molecule has 2 atom stereocenters. The Morgan fingerprint density at radius 2 is 2.20 bits per heavy atom. The smallest absolute Gasteiger partial charge is 0.147 e. The fourth-order valence-corrected chi connectivity index (χ4v) is 3.92. The average Bonchev–Trinajstić information content (AvgIpc) is 2.35. The fourth-order valence-electron chi connectivity index (χ4n) is 3.45. The Bertz CT molecular complexity index is 492. The SMILES string of the molecule is CC(C)CC1CCCC(N)(c2ccc(Br)c(Cl)c2F)C1. The van der Waals surface area contributed by atoms with Crippen molar-refractivity contribution in [3.05, 3.63) is 33.0 Å². The van der Waals surface area contributed by atoms with Crippen LogP contribution in [0.3, 0.4) is 0 Å². The minimum Gasteiger partial charge on any atom is -0.321 e. The summed E-state index contributed by atoms with van der Waals surface area (Å²) < 4.78 is 15.0. The summed E-state index contributed by atoms with van der Waals surface area (Å²) in [6.45, 7) is 4.45. The Morgan fingerprint density at radius 3 is 2.85 bits per heavy atom. The summed E-state index contributed by atoms with van der Waals surface area (Å²) in [5.41, 5.74) is 6.54. The minimum atomic E-state index is -0.577. The van der Waals surface area contributed by atoms with Gasteiger partial charge < -0.3 is 5.73 Å². The molecule has 0 saturated heterocycles. The summed E-state index contributed by atoms with van der Waals surface area (Å²) in [5, 5.41) is 0.137. The predicted molar refractivity (Wildman–Crippen MR) is 86.4 cm³/mol. The maximum Gasteiger partial charge on any atom is 0.147 e. The monoisotopic (exact) mass is 361 g/mol. The van der Waals surface area contributed by atoms with Crippen molar-refractivity contribution >= 4 is 27.5 Å². The van der Waals surface area contributed by atoms with Gasteiger partial charge in [0.2, 0.25) is 0 Å². The molecular weight excluding hydrogens is 341 g/mol. The molecule has 2 N–H and O–H groups in total. The summed E-state index contributed by atoms with van der Waals surface area (Å²) in [7, 11) is 0. The summed E-state index contributed by atoms with van der Waals surface area (Å²) in [6.07, 6.45) is 5.09. The number of hydrogen-bond acceptors (Lipinski definition) is 1. The van der Waals surface area contributed by atoms with Gasteiger partial charge in [-0.25, -0.2) is 4.39 Å². The van der Waals surface area contributed by atoms with Crippen molar-refractivity contribution in [2.45, 2.75) is 51.5 Å². The highest BCUT2D eigenvalue weighted by Gasteiger charge is 2.37. The Kier molecular flexibility index (Phi) is 5.14. The van der Waals surface area contributed by atoms with Gasteiger partial charge in [-0.15, -0.1) is 0 Å². The third kappa shape index (κ3) is 3.37. The molecule has 0 spiro atoms. The van der Waals surface area contributed by atoms with Crippen LogP contribution in [-0.2, 0) is 5.54 Å². The van der Waals surface area contributed by atoms with Gasteiger partial charge in [-0.2, -0.15) is 0 Å². The highest BCUT2D eigenvalue weighted by molar-refractivity contribution is 9.10. The molecule has 1 aliphatic carbocycles. The largest absolute Gasteiger partial charge is 0.321 e. The number of nitrogens with two attached hydrogens (primary N) is 1. The van der Waals surface area contributed by atoms with E-state index in [4.69, 9.17) is 17.3 Å². The van der Waals surface area contributed by atoms with Crippen LogP contribution in [0.5, 0.6) is 0 Å². The van der Waals surface area contributed by atoms with Crippen LogP contribution in [0.2, 0.25) is 5.02 Å². The molecule has 2 unspecified atom stereocenters. The number of halogens is 3. The van der Waals surface area contributed by atoms with Crippen molar-refractivity contribution in [3.8, 4) is 0 Å². The number of benzene rings is 1. The lowest BCUT2D eigenvalue weighted by Gasteiger charge is -2.39. The van der Waals surface area contributed by atoms with Gasteiger partial charge in [0.15, 0.2) is 0 Å². The van der Waals surface area contributed by atoms with Crippen LogP contribution < -0.4 is 5.73 Å². The first kappa shape index (κ1) is 16.3. The zero-order valence-corrected chi connectivity index (χ0v) is 14.4. The normalized spacial score (nSPS) is 27.1. The fraction of sp³-hybridized carbons (Fsp3) is 0.625. The number of rotatable bonds is 3. The Morgan fingerprint density at radius 1 is 1.50 bits per heavy atom. The van der Waals surface area contributed by atoms with Crippen LogP contribution in [0.25, 0.3) is 0 Å². The lowest BCUT2D eigenvalue weighted by Crippen LogP contribution is -2.42. The Balaban J connectivity index is 2.28. The van der Waals surface area contributed by atoms with E-state index in [9.17, 15) is 4.39 Å². The number of hydrogen-bond donors (Lipinski definition) is 1. The molecule has 1 aliphatic rings. The minimum absolute atomic E-state index is 0.137. The molecule has 0 bridgehead atoms. The Labute approximate surface area is 134 Å². The van der Waals surface area contributed by atoms with Crippen molar-refractivity contribution in [1.82, 2.24) is 0 Å².